The van der Waals surface area contributed by atoms with Crippen LogP contribution in [0.4, 0.5) is 0 Å². The second-order valence-corrected chi connectivity index (χ2v) is 4.80. The standard InChI is InChI=1S/C10H18N4O3/c1-9(2)7-10(8(15)16,3-6-17-9)12-4-5-13-14-11/h12H,3-7H2,1-2H3,(H,15,16). The first-order valence-corrected chi connectivity index (χ1v) is 5.55. The number of nitrogens with zero attached hydrogens (tertiary/aromatic N) is 3. The van der Waals surface area contributed by atoms with E-state index in [0.717, 1.165) is 0 Å². The fraction of sp³-hybridized carbons (Fsp3) is 0.900. The zero-order valence-corrected chi connectivity index (χ0v) is 10.1. The Morgan fingerprint density at radius 3 is 2.88 bits per heavy atom. The van der Waals surface area contributed by atoms with Crippen molar-refractivity contribution in [1.29, 1.82) is 0 Å². The molecule has 0 spiro atoms. The summed E-state index contributed by atoms with van der Waals surface area (Å²) in [6, 6.07) is 0. The Morgan fingerprint density at radius 1 is 1.65 bits per heavy atom. The third-order valence-corrected chi connectivity index (χ3v) is 2.90. The van der Waals surface area contributed by atoms with Gasteiger partial charge in [0.15, 0.2) is 0 Å². The summed E-state index contributed by atoms with van der Waals surface area (Å²) >= 11 is 0. The Morgan fingerprint density at radius 2 is 2.35 bits per heavy atom. The Labute approximate surface area is 99.8 Å². The summed E-state index contributed by atoms with van der Waals surface area (Å²) in [7, 11) is 0. The lowest BCUT2D eigenvalue weighted by Gasteiger charge is -2.42. The van der Waals surface area contributed by atoms with Gasteiger partial charge in [0.2, 0.25) is 0 Å². The van der Waals surface area contributed by atoms with Gasteiger partial charge in [-0.25, -0.2) is 0 Å². The Balaban J connectivity index is 2.68. The van der Waals surface area contributed by atoms with Gasteiger partial charge in [-0.05, 0) is 25.8 Å². The SMILES string of the molecule is CC1(C)CC(NCCN=[N+]=[N-])(C(=O)O)CCO1. The van der Waals surface area contributed by atoms with Gasteiger partial charge >= 0.3 is 5.97 Å². The van der Waals surface area contributed by atoms with Gasteiger partial charge in [-0.15, -0.1) is 0 Å². The van der Waals surface area contributed by atoms with Crippen molar-refractivity contribution in [1.82, 2.24) is 5.32 Å². The number of carboxylic acids is 1. The summed E-state index contributed by atoms with van der Waals surface area (Å²) in [5.74, 6) is -0.880. The van der Waals surface area contributed by atoms with Crippen molar-refractivity contribution in [3.63, 3.8) is 0 Å². The first-order chi connectivity index (χ1) is 7.92. The highest BCUT2D eigenvalue weighted by atomic mass is 16.5. The van der Waals surface area contributed by atoms with Crippen molar-refractivity contribution in [2.24, 2.45) is 5.11 Å². The first-order valence-electron chi connectivity index (χ1n) is 5.55. The lowest BCUT2D eigenvalue weighted by atomic mass is 9.81. The van der Waals surface area contributed by atoms with Crippen molar-refractivity contribution >= 4 is 5.97 Å². The van der Waals surface area contributed by atoms with E-state index in [1.54, 1.807) is 0 Å². The number of azide groups is 1. The van der Waals surface area contributed by atoms with Crippen LogP contribution in [0, 0.1) is 0 Å². The van der Waals surface area contributed by atoms with E-state index in [2.05, 4.69) is 15.3 Å². The summed E-state index contributed by atoms with van der Waals surface area (Å²) < 4.78 is 5.51. The molecule has 1 saturated heterocycles. The molecule has 0 saturated carbocycles. The second kappa shape index (κ2) is 5.35. The maximum atomic E-state index is 11.4. The Bertz CT molecular complexity index is 338. The van der Waals surface area contributed by atoms with Crippen LogP contribution < -0.4 is 5.32 Å². The van der Waals surface area contributed by atoms with Crippen LogP contribution in [0.25, 0.3) is 10.4 Å². The summed E-state index contributed by atoms with van der Waals surface area (Å²) in [6.45, 7) is 4.75. The molecule has 0 radical (unpaired) electrons. The molecule has 0 amide bonds. The molecule has 1 atom stereocenters. The average molecular weight is 242 g/mol. The number of carboxylic acid groups (broad SMARTS) is 1. The highest BCUT2D eigenvalue weighted by Crippen LogP contribution is 2.32. The summed E-state index contributed by atoms with van der Waals surface area (Å²) in [6.07, 6.45) is 0.813. The average Bonchev–Trinajstić information content (AvgIpc) is 2.23. The van der Waals surface area contributed by atoms with Crippen molar-refractivity contribution < 1.29 is 14.6 Å². The number of hydrogen-bond donors (Lipinski definition) is 2. The number of hydrogen-bond acceptors (Lipinski definition) is 4. The van der Waals surface area contributed by atoms with Crippen molar-refractivity contribution in [2.45, 2.75) is 37.8 Å². The molecule has 1 aliphatic heterocycles. The minimum absolute atomic E-state index is 0.243. The van der Waals surface area contributed by atoms with E-state index in [1.165, 1.54) is 0 Å². The number of rotatable bonds is 5. The molecule has 0 aromatic rings. The molecule has 0 aromatic carbocycles. The highest BCUT2D eigenvalue weighted by molar-refractivity contribution is 5.79. The van der Waals surface area contributed by atoms with Crippen LogP contribution in [0.3, 0.4) is 0 Å². The normalized spacial score (nSPS) is 27.2. The molecule has 0 bridgehead atoms. The van der Waals surface area contributed by atoms with E-state index < -0.39 is 17.1 Å². The zero-order valence-electron chi connectivity index (χ0n) is 10.1. The molecule has 2 N–H and O–H groups in total. The van der Waals surface area contributed by atoms with Gasteiger partial charge in [-0.3, -0.25) is 4.79 Å². The third kappa shape index (κ3) is 3.59. The number of ether oxygens (including phenoxy) is 1. The van der Waals surface area contributed by atoms with E-state index in [4.69, 9.17) is 10.3 Å². The summed E-state index contributed by atoms with van der Waals surface area (Å²) in [4.78, 5) is 14.0. The van der Waals surface area contributed by atoms with E-state index >= 15 is 0 Å². The van der Waals surface area contributed by atoms with Crippen molar-refractivity contribution in [2.75, 3.05) is 19.7 Å². The monoisotopic (exact) mass is 242 g/mol. The van der Waals surface area contributed by atoms with Crippen LogP contribution in [0.1, 0.15) is 26.7 Å². The van der Waals surface area contributed by atoms with Crippen molar-refractivity contribution in [3.8, 4) is 0 Å². The number of aliphatic carboxylic acids is 1. The molecule has 1 heterocycles. The summed E-state index contributed by atoms with van der Waals surface area (Å²) in [5.41, 5.74) is 6.72. The van der Waals surface area contributed by atoms with Crippen LogP contribution in [-0.2, 0) is 9.53 Å². The van der Waals surface area contributed by atoms with E-state index in [1.807, 2.05) is 13.8 Å². The minimum atomic E-state index is -0.979. The number of nitrogens with one attached hydrogen (secondary N) is 1. The molecular weight excluding hydrogens is 224 g/mol. The lowest BCUT2D eigenvalue weighted by molar-refractivity contribution is -0.158. The molecule has 1 fully saturated rings. The molecule has 1 unspecified atom stereocenters. The number of carbonyl (C=O) groups is 1. The van der Waals surface area contributed by atoms with Gasteiger partial charge in [0.25, 0.3) is 0 Å². The minimum Gasteiger partial charge on any atom is -0.480 e. The topological polar surface area (TPSA) is 107 Å². The summed E-state index contributed by atoms with van der Waals surface area (Å²) in [5, 5.41) is 15.7. The van der Waals surface area contributed by atoms with Gasteiger partial charge in [0, 0.05) is 31.0 Å². The van der Waals surface area contributed by atoms with E-state index in [-0.39, 0.29) is 6.54 Å². The van der Waals surface area contributed by atoms with Crippen LogP contribution in [0.5, 0.6) is 0 Å². The molecule has 1 rings (SSSR count). The van der Waals surface area contributed by atoms with E-state index in [9.17, 15) is 9.90 Å². The van der Waals surface area contributed by atoms with Gasteiger partial charge in [0.1, 0.15) is 5.54 Å². The largest absolute Gasteiger partial charge is 0.480 e. The molecule has 0 aromatic heterocycles. The van der Waals surface area contributed by atoms with Gasteiger partial charge in [-0.2, -0.15) is 0 Å². The van der Waals surface area contributed by atoms with E-state index in [0.29, 0.717) is 26.0 Å². The second-order valence-electron chi connectivity index (χ2n) is 4.80. The molecule has 7 heteroatoms. The molecule has 7 nitrogen and oxygen atoms in total. The van der Waals surface area contributed by atoms with Crippen LogP contribution in [0.15, 0.2) is 5.11 Å². The maximum absolute atomic E-state index is 11.4. The molecule has 0 aliphatic carbocycles. The van der Waals surface area contributed by atoms with Crippen LogP contribution >= 0.6 is 0 Å². The predicted octanol–water partition coefficient (Wildman–Crippen LogP) is 1.30. The Hall–Kier alpha value is -1.30. The molecular formula is C10H18N4O3. The highest BCUT2D eigenvalue weighted by Gasteiger charge is 2.46. The molecule has 96 valence electrons. The fourth-order valence-electron chi connectivity index (χ4n) is 2.17. The third-order valence-electron chi connectivity index (χ3n) is 2.90. The molecule has 17 heavy (non-hydrogen) atoms. The Kier molecular flexibility index (Phi) is 4.34. The maximum Gasteiger partial charge on any atom is 0.324 e. The fourth-order valence-corrected chi connectivity index (χ4v) is 2.17. The lowest BCUT2D eigenvalue weighted by Crippen LogP contribution is -2.60. The van der Waals surface area contributed by atoms with Crippen LogP contribution in [0.2, 0.25) is 0 Å². The molecule has 1 aliphatic rings. The van der Waals surface area contributed by atoms with Crippen LogP contribution in [-0.4, -0.2) is 41.9 Å². The predicted molar refractivity (Wildman–Crippen MR) is 61.6 cm³/mol. The first kappa shape index (κ1) is 13.8. The quantitative estimate of drug-likeness (QED) is 0.328. The van der Waals surface area contributed by atoms with Gasteiger partial charge in [0.05, 0.1) is 5.60 Å². The zero-order chi connectivity index (χ0) is 12.9. The van der Waals surface area contributed by atoms with Crippen molar-refractivity contribution in [3.05, 3.63) is 10.4 Å². The van der Waals surface area contributed by atoms with Gasteiger partial charge in [-0.1, -0.05) is 5.11 Å². The smallest absolute Gasteiger partial charge is 0.324 e. The van der Waals surface area contributed by atoms with Gasteiger partial charge < -0.3 is 15.2 Å².